The van der Waals surface area contributed by atoms with Crippen LogP contribution in [0.5, 0.6) is 5.75 Å². The van der Waals surface area contributed by atoms with Crippen LogP contribution in [0, 0.1) is 11.6 Å². The molecule has 0 aromatic heterocycles. The fourth-order valence-electron chi connectivity index (χ4n) is 1.68. The molecule has 2 aromatic rings. The predicted molar refractivity (Wildman–Crippen MR) is 72.1 cm³/mol. The van der Waals surface area contributed by atoms with Gasteiger partial charge in [-0.2, -0.15) is 13.2 Å². The Kier molecular flexibility index (Phi) is 4.39. The first kappa shape index (κ1) is 16.5. The predicted octanol–water partition coefficient (Wildman–Crippen LogP) is 4.33. The van der Waals surface area contributed by atoms with Gasteiger partial charge >= 0.3 is 12.2 Å². The number of phenolic OH excluding ortho intramolecular Hbond substituents is 1. The van der Waals surface area contributed by atoms with E-state index in [4.69, 9.17) is 5.11 Å². The molecule has 9 heteroatoms. The summed E-state index contributed by atoms with van der Waals surface area (Å²) in [5.74, 6) is -2.43. The van der Waals surface area contributed by atoms with Crippen LogP contribution in [0.2, 0.25) is 0 Å². The molecule has 0 aliphatic carbocycles. The van der Waals surface area contributed by atoms with Gasteiger partial charge < -0.3 is 15.7 Å². The van der Waals surface area contributed by atoms with Crippen LogP contribution in [-0.4, -0.2) is 11.1 Å². The van der Waals surface area contributed by atoms with Crippen molar-refractivity contribution in [3.05, 3.63) is 53.6 Å². The highest BCUT2D eigenvalue weighted by Crippen LogP contribution is 2.31. The van der Waals surface area contributed by atoms with Gasteiger partial charge in [-0.1, -0.05) is 0 Å². The SMILES string of the molecule is O=C(Nc1ccc(O)cc1F)Nc1cc(C(F)(F)F)ccc1F. The summed E-state index contributed by atoms with van der Waals surface area (Å²) in [6, 6.07) is 3.20. The average Bonchev–Trinajstić information content (AvgIpc) is 2.43. The monoisotopic (exact) mass is 332 g/mol. The standard InChI is InChI=1S/C14H9F5N2O2/c15-9-3-1-7(14(17,18)19)5-12(9)21-13(23)20-11-4-2-8(22)6-10(11)16/h1-6,22H,(H2,20,21,23). The Labute approximate surface area is 126 Å². The Balaban J connectivity index is 2.17. The van der Waals surface area contributed by atoms with Crippen molar-refractivity contribution in [3.8, 4) is 5.75 Å². The zero-order valence-electron chi connectivity index (χ0n) is 11.2. The summed E-state index contributed by atoms with van der Waals surface area (Å²) in [4.78, 5) is 11.6. The van der Waals surface area contributed by atoms with Crippen LogP contribution in [0.25, 0.3) is 0 Å². The lowest BCUT2D eigenvalue weighted by Gasteiger charge is -2.12. The minimum atomic E-state index is -4.70. The van der Waals surface area contributed by atoms with Crippen LogP contribution in [0.15, 0.2) is 36.4 Å². The molecular formula is C14H9F5N2O2. The maximum atomic E-state index is 13.5. The molecule has 0 aliphatic rings. The Morgan fingerprint density at radius 3 is 2.17 bits per heavy atom. The van der Waals surface area contributed by atoms with Gasteiger partial charge in [0.2, 0.25) is 0 Å². The number of rotatable bonds is 2. The number of amides is 2. The topological polar surface area (TPSA) is 61.4 Å². The van der Waals surface area contributed by atoms with Crippen LogP contribution in [-0.2, 0) is 6.18 Å². The zero-order valence-corrected chi connectivity index (χ0v) is 11.2. The molecule has 0 atom stereocenters. The van der Waals surface area contributed by atoms with Gasteiger partial charge in [0.05, 0.1) is 16.9 Å². The fourth-order valence-corrected chi connectivity index (χ4v) is 1.68. The summed E-state index contributed by atoms with van der Waals surface area (Å²) < 4.78 is 64.5. The Bertz CT molecular complexity index is 746. The molecule has 4 nitrogen and oxygen atoms in total. The van der Waals surface area contributed by atoms with Gasteiger partial charge in [0.15, 0.2) is 0 Å². The molecule has 122 valence electrons. The molecule has 23 heavy (non-hydrogen) atoms. The third-order valence-corrected chi connectivity index (χ3v) is 2.74. The van der Waals surface area contributed by atoms with Crippen LogP contribution in [0.4, 0.5) is 38.1 Å². The van der Waals surface area contributed by atoms with Crippen molar-refractivity contribution >= 4 is 17.4 Å². The number of nitrogens with one attached hydrogen (secondary N) is 2. The summed E-state index contributed by atoms with van der Waals surface area (Å²) in [6.07, 6.45) is -4.70. The minimum Gasteiger partial charge on any atom is -0.508 e. The maximum Gasteiger partial charge on any atom is 0.416 e. The summed E-state index contributed by atoms with van der Waals surface area (Å²) in [6.45, 7) is 0. The number of alkyl halides is 3. The molecule has 3 N–H and O–H groups in total. The molecule has 0 saturated carbocycles. The van der Waals surface area contributed by atoms with Crippen molar-refractivity contribution < 1.29 is 31.9 Å². The van der Waals surface area contributed by atoms with Gasteiger partial charge in [-0.05, 0) is 30.3 Å². The minimum absolute atomic E-state index is 0.340. The van der Waals surface area contributed by atoms with E-state index in [0.29, 0.717) is 18.2 Å². The first-order chi connectivity index (χ1) is 10.7. The number of halogens is 5. The van der Waals surface area contributed by atoms with Crippen LogP contribution in [0.3, 0.4) is 0 Å². The van der Waals surface area contributed by atoms with Crippen molar-refractivity contribution in [2.45, 2.75) is 6.18 Å². The number of urea groups is 1. The number of carbonyl (C=O) groups excluding carboxylic acids is 1. The molecule has 0 fully saturated rings. The molecule has 0 radical (unpaired) electrons. The number of aromatic hydroxyl groups is 1. The molecule has 0 bridgehead atoms. The molecule has 2 aromatic carbocycles. The van der Waals surface area contributed by atoms with Crippen molar-refractivity contribution in [3.63, 3.8) is 0 Å². The second-order valence-electron chi connectivity index (χ2n) is 4.44. The first-order valence-electron chi connectivity index (χ1n) is 6.10. The van der Waals surface area contributed by atoms with E-state index in [1.54, 1.807) is 0 Å². The number of hydrogen-bond acceptors (Lipinski definition) is 2. The molecule has 0 spiro atoms. The molecule has 0 aliphatic heterocycles. The first-order valence-corrected chi connectivity index (χ1v) is 6.10. The van der Waals surface area contributed by atoms with E-state index in [-0.39, 0.29) is 11.4 Å². The number of phenols is 1. The summed E-state index contributed by atoms with van der Waals surface area (Å²) in [5.41, 5.74) is -2.20. The van der Waals surface area contributed by atoms with Gasteiger partial charge in [-0.25, -0.2) is 13.6 Å². The third-order valence-electron chi connectivity index (χ3n) is 2.74. The Morgan fingerprint density at radius 1 is 0.913 bits per heavy atom. The van der Waals surface area contributed by atoms with Gasteiger partial charge in [0.1, 0.15) is 17.4 Å². The van der Waals surface area contributed by atoms with E-state index in [2.05, 4.69) is 0 Å². The number of carbonyl (C=O) groups is 1. The quantitative estimate of drug-likeness (QED) is 0.566. The van der Waals surface area contributed by atoms with E-state index in [1.807, 2.05) is 10.6 Å². The lowest BCUT2D eigenvalue weighted by atomic mass is 10.2. The lowest BCUT2D eigenvalue weighted by Crippen LogP contribution is -2.21. The molecular weight excluding hydrogens is 323 g/mol. The van der Waals surface area contributed by atoms with E-state index >= 15 is 0 Å². The fraction of sp³-hybridized carbons (Fsp3) is 0.0714. The second kappa shape index (κ2) is 6.11. The average molecular weight is 332 g/mol. The molecule has 0 saturated heterocycles. The van der Waals surface area contributed by atoms with Crippen LogP contribution >= 0.6 is 0 Å². The molecule has 0 heterocycles. The zero-order chi connectivity index (χ0) is 17.2. The summed E-state index contributed by atoms with van der Waals surface area (Å²) in [5, 5.41) is 12.9. The molecule has 2 amide bonds. The second-order valence-corrected chi connectivity index (χ2v) is 4.44. The van der Waals surface area contributed by atoms with Gasteiger partial charge in [0, 0.05) is 6.07 Å². The number of anilines is 2. The molecule has 2 rings (SSSR count). The van der Waals surface area contributed by atoms with E-state index < -0.39 is 35.1 Å². The van der Waals surface area contributed by atoms with E-state index in [0.717, 1.165) is 18.2 Å². The maximum absolute atomic E-state index is 13.5. The third kappa shape index (κ3) is 4.09. The highest BCUT2D eigenvalue weighted by molar-refractivity contribution is 6.00. The van der Waals surface area contributed by atoms with Crippen LogP contribution in [0.1, 0.15) is 5.56 Å². The highest BCUT2D eigenvalue weighted by atomic mass is 19.4. The van der Waals surface area contributed by atoms with Gasteiger partial charge in [-0.3, -0.25) is 0 Å². The lowest BCUT2D eigenvalue weighted by molar-refractivity contribution is -0.137. The normalized spacial score (nSPS) is 11.2. The van der Waals surface area contributed by atoms with Crippen molar-refractivity contribution in [1.82, 2.24) is 0 Å². The largest absolute Gasteiger partial charge is 0.508 e. The smallest absolute Gasteiger partial charge is 0.416 e. The number of benzene rings is 2. The van der Waals surface area contributed by atoms with E-state index in [1.165, 1.54) is 0 Å². The highest BCUT2D eigenvalue weighted by Gasteiger charge is 2.31. The van der Waals surface area contributed by atoms with Crippen molar-refractivity contribution in [2.24, 2.45) is 0 Å². The van der Waals surface area contributed by atoms with Crippen molar-refractivity contribution in [2.75, 3.05) is 10.6 Å². The van der Waals surface area contributed by atoms with Crippen LogP contribution < -0.4 is 10.6 Å². The molecule has 0 unspecified atom stereocenters. The van der Waals surface area contributed by atoms with E-state index in [9.17, 15) is 26.7 Å². The van der Waals surface area contributed by atoms with Crippen molar-refractivity contribution in [1.29, 1.82) is 0 Å². The summed E-state index contributed by atoms with van der Waals surface area (Å²) in [7, 11) is 0. The van der Waals surface area contributed by atoms with Gasteiger partial charge in [0.25, 0.3) is 0 Å². The van der Waals surface area contributed by atoms with Gasteiger partial charge in [-0.15, -0.1) is 0 Å². The Hall–Kier alpha value is -2.84. The number of hydrogen-bond donors (Lipinski definition) is 3. The Morgan fingerprint density at radius 2 is 1.57 bits per heavy atom. The summed E-state index contributed by atoms with van der Waals surface area (Å²) >= 11 is 0.